The number of halogens is 1. The number of Topliss-reactive ketones (excluding diaryl/α,β-unsaturated/α-hetero) is 1. The van der Waals surface area contributed by atoms with E-state index in [4.69, 9.17) is 4.74 Å². The predicted octanol–water partition coefficient (Wildman–Crippen LogP) is 0.565. The van der Waals surface area contributed by atoms with Crippen molar-refractivity contribution in [1.82, 2.24) is 0 Å². The number of benzene rings is 1. The average molecular weight is 288 g/mol. The highest BCUT2D eigenvalue weighted by molar-refractivity contribution is 7.91. The first kappa shape index (κ1) is 14.0. The second kappa shape index (κ2) is 4.90. The fraction of sp³-hybridized carbons (Fsp3) is 0.417. The molecule has 2 rings (SSSR count). The fourth-order valence-corrected chi connectivity index (χ4v) is 3.61. The Morgan fingerprint density at radius 2 is 2.11 bits per heavy atom. The van der Waals surface area contributed by atoms with E-state index in [2.05, 4.69) is 0 Å². The summed E-state index contributed by atoms with van der Waals surface area (Å²) in [6.45, 7) is 1.25. The van der Waals surface area contributed by atoms with E-state index in [0.29, 0.717) is 0 Å². The van der Waals surface area contributed by atoms with Crippen molar-refractivity contribution in [2.24, 2.45) is 0 Å². The molecule has 0 aliphatic carbocycles. The molecule has 5 nitrogen and oxygen atoms in total. The van der Waals surface area contributed by atoms with E-state index >= 15 is 0 Å². The highest BCUT2D eigenvalue weighted by atomic mass is 32.2. The minimum absolute atomic E-state index is 0.0245. The Kier molecular flexibility index (Phi) is 3.60. The lowest BCUT2D eigenvalue weighted by atomic mass is 10.1. The molecular formula is C12H13FO5S. The summed E-state index contributed by atoms with van der Waals surface area (Å²) in [5.74, 6) is -1.59. The van der Waals surface area contributed by atoms with Gasteiger partial charge in [-0.15, -0.1) is 0 Å². The molecule has 0 bridgehead atoms. The van der Waals surface area contributed by atoms with E-state index in [1.165, 1.54) is 13.0 Å². The predicted molar refractivity (Wildman–Crippen MR) is 65.5 cm³/mol. The Bertz CT molecular complexity index is 611. The maximum atomic E-state index is 13.1. The van der Waals surface area contributed by atoms with Crippen molar-refractivity contribution in [3.63, 3.8) is 0 Å². The monoisotopic (exact) mass is 288 g/mol. The van der Waals surface area contributed by atoms with Gasteiger partial charge in [0.2, 0.25) is 0 Å². The maximum absolute atomic E-state index is 13.1. The van der Waals surface area contributed by atoms with Crippen molar-refractivity contribution in [2.75, 3.05) is 11.5 Å². The van der Waals surface area contributed by atoms with Crippen LogP contribution in [0.15, 0.2) is 18.2 Å². The molecule has 1 heterocycles. The van der Waals surface area contributed by atoms with Gasteiger partial charge in [0, 0.05) is 0 Å². The number of carbonyl (C=O) groups is 1. The van der Waals surface area contributed by atoms with Gasteiger partial charge in [-0.05, 0) is 25.1 Å². The standard InChI is InChI=1S/C12H13FO5S/c1-7(14)9-4-8(13)2-3-11(9)18-12-6-19(16,17)5-10(12)15/h2-4,10,12,15H,5-6H2,1H3. The number of ether oxygens (including phenoxy) is 1. The van der Waals surface area contributed by atoms with Crippen molar-refractivity contribution in [3.8, 4) is 5.75 Å². The van der Waals surface area contributed by atoms with Crippen LogP contribution in [0.1, 0.15) is 17.3 Å². The Labute approximate surface area is 109 Å². The van der Waals surface area contributed by atoms with Gasteiger partial charge in [-0.1, -0.05) is 0 Å². The molecule has 1 fully saturated rings. The second-order valence-corrected chi connectivity index (χ2v) is 6.65. The Hall–Kier alpha value is -1.47. The third kappa shape index (κ3) is 3.10. The molecular weight excluding hydrogens is 275 g/mol. The van der Waals surface area contributed by atoms with Crippen LogP contribution in [-0.2, 0) is 9.84 Å². The summed E-state index contributed by atoms with van der Waals surface area (Å²) in [7, 11) is -3.34. The van der Waals surface area contributed by atoms with Crippen LogP contribution in [-0.4, -0.2) is 43.0 Å². The number of hydrogen-bond donors (Lipinski definition) is 1. The lowest BCUT2D eigenvalue weighted by molar-refractivity contribution is 0.0722. The maximum Gasteiger partial charge on any atom is 0.163 e. The molecule has 2 unspecified atom stereocenters. The summed E-state index contributed by atoms with van der Waals surface area (Å²) in [5.41, 5.74) is 0.0245. The third-order valence-electron chi connectivity index (χ3n) is 2.87. The highest BCUT2D eigenvalue weighted by Crippen LogP contribution is 2.25. The molecule has 0 radical (unpaired) electrons. The normalized spacial score (nSPS) is 25.2. The van der Waals surface area contributed by atoms with Gasteiger partial charge < -0.3 is 9.84 Å². The number of aliphatic hydroxyl groups excluding tert-OH is 1. The molecule has 0 aromatic heterocycles. The van der Waals surface area contributed by atoms with Gasteiger partial charge in [0.15, 0.2) is 15.6 Å². The molecule has 1 aromatic rings. The van der Waals surface area contributed by atoms with Gasteiger partial charge in [-0.3, -0.25) is 4.79 Å². The second-order valence-electron chi connectivity index (χ2n) is 4.50. The number of sulfone groups is 1. The van der Waals surface area contributed by atoms with Crippen LogP contribution in [0.3, 0.4) is 0 Å². The molecule has 0 saturated carbocycles. The van der Waals surface area contributed by atoms with Crippen molar-refractivity contribution in [1.29, 1.82) is 0 Å². The lowest BCUT2D eigenvalue weighted by Gasteiger charge is -2.17. The molecule has 1 N–H and O–H groups in total. The van der Waals surface area contributed by atoms with Gasteiger partial charge in [0.05, 0.1) is 17.1 Å². The first-order chi connectivity index (χ1) is 8.78. The molecule has 1 aliphatic rings. The molecule has 0 amide bonds. The van der Waals surface area contributed by atoms with E-state index < -0.39 is 33.6 Å². The third-order valence-corrected chi connectivity index (χ3v) is 4.56. The summed E-state index contributed by atoms with van der Waals surface area (Å²) >= 11 is 0. The van der Waals surface area contributed by atoms with Gasteiger partial charge in [0.25, 0.3) is 0 Å². The Morgan fingerprint density at radius 1 is 1.42 bits per heavy atom. The van der Waals surface area contributed by atoms with Crippen LogP contribution >= 0.6 is 0 Å². The van der Waals surface area contributed by atoms with E-state index in [1.54, 1.807) is 0 Å². The van der Waals surface area contributed by atoms with E-state index in [-0.39, 0.29) is 22.8 Å². The van der Waals surface area contributed by atoms with Gasteiger partial charge in [0.1, 0.15) is 23.8 Å². The zero-order chi connectivity index (χ0) is 14.2. The molecule has 104 valence electrons. The summed E-state index contributed by atoms with van der Waals surface area (Å²) in [4.78, 5) is 11.4. The summed E-state index contributed by atoms with van der Waals surface area (Å²) < 4.78 is 41.1. The summed E-state index contributed by atoms with van der Waals surface area (Å²) in [6, 6.07) is 3.38. The molecule has 19 heavy (non-hydrogen) atoms. The van der Waals surface area contributed by atoms with Crippen LogP contribution in [0.25, 0.3) is 0 Å². The van der Waals surface area contributed by atoms with Crippen LogP contribution in [0, 0.1) is 5.82 Å². The summed E-state index contributed by atoms with van der Waals surface area (Å²) in [6.07, 6.45) is -2.08. The lowest BCUT2D eigenvalue weighted by Crippen LogP contribution is -2.30. The van der Waals surface area contributed by atoms with Gasteiger partial charge >= 0.3 is 0 Å². The van der Waals surface area contributed by atoms with Crippen molar-refractivity contribution in [3.05, 3.63) is 29.6 Å². The average Bonchev–Trinajstić information content (AvgIpc) is 2.54. The minimum Gasteiger partial charge on any atom is -0.486 e. The summed E-state index contributed by atoms with van der Waals surface area (Å²) in [5, 5.41) is 9.61. The quantitative estimate of drug-likeness (QED) is 0.822. The topological polar surface area (TPSA) is 80.7 Å². The van der Waals surface area contributed by atoms with Crippen LogP contribution in [0.5, 0.6) is 5.75 Å². The molecule has 7 heteroatoms. The van der Waals surface area contributed by atoms with Crippen LogP contribution in [0.4, 0.5) is 4.39 Å². The molecule has 1 aliphatic heterocycles. The van der Waals surface area contributed by atoms with Gasteiger partial charge in [-0.2, -0.15) is 0 Å². The number of ketones is 1. The first-order valence-electron chi connectivity index (χ1n) is 5.64. The fourth-order valence-electron chi connectivity index (χ4n) is 1.95. The van der Waals surface area contributed by atoms with Crippen LogP contribution < -0.4 is 4.74 Å². The van der Waals surface area contributed by atoms with Gasteiger partial charge in [-0.25, -0.2) is 12.8 Å². The van der Waals surface area contributed by atoms with Crippen molar-refractivity contribution >= 4 is 15.6 Å². The number of carbonyl (C=O) groups excluding carboxylic acids is 1. The van der Waals surface area contributed by atoms with Crippen LogP contribution in [0.2, 0.25) is 0 Å². The number of aliphatic hydroxyl groups is 1. The zero-order valence-corrected chi connectivity index (χ0v) is 11.0. The smallest absolute Gasteiger partial charge is 0.163 e. The SMILES string of the molecule is CC(=O)c1cc(F)ccc1OC1CS(=O)(=O)CC1O. The van der Waals surface area contributed by atoms with Crippen molar-refractivity contribution in [2.45, 2.75) is 19.1 Å². The zero-order valence-electron chi connectivity index (χ0n) is 10.2. The highest BCUT2D eigenvalue weighted by Gasteiger charge is 2.38. The molecule has 1 aromatic carbocycles. The van der Waals surface area contributed by atoms with Crippen molar-refractivity contribution < 1.29 is 27.4 Å². The number of hydrogen-bond acceptors (Lipinski definition) is 5. The number of rotatable bonds is 3. The van der Waals surface area contributed by atoms with E-state index in [9.17, 15) is 22.7 Å². The van der Waals surface area contributed by atoms with E-state index in [0.717, 1.165) is 12.1 Å². The minimum atomic E-state index is -3.34. The Morgan fingerprint density at radius 3 is 2.63 bits per heavy atom. The largest absolute Gasteiger partial charge is 0.486 e. The first-order valence-corrected chi connectivity index (χ1v) is 7.46. The Balaban J connectivity index is 2.27. The molecule has 0 spiro atoms. The molecule has 2 atom stereocenters. The van der Waals surface area contributed by atoms with E-state index in [1.807, 2.05) is 0 Å². The molecule has 1 saturated heterocycles.